The minimum Gasteiger partial charge on any atom is -0.488 e. The fraction of sp³-hybridized carbons (Fsp3) is 0.545. The lowest BCUT2D eigenvalue weighted by atomic mass is 10.1. The zero-order valence-electron chi connectivity index (χ0n) is 18.6. The van der Waals surface area contributed by atoms with Crippen molar-refractivity contribution in [3.8, 4) is 5.75 Å². The van der Waals surface area contributed by atoms with Crippen LogP contribution in [0.4, 0.5) is 0 Å². The zero-order chi connectivity index (χ0) is 20.9. The second-order valence-electron chi connectivity index (χ2n) is 8.25. The molecule has 1 fully saturated rings. The molecule has 1 aliphatic rings. The van der Waals surface area contributed by atoms with Gasteiger partial charge in [-0.1, -0.05) is 18.2 Å². The van der Waals surface area contributed by atoms with Crippen molar-refractivity contribution < 1.29 is 9.47 Å². The Labute approximate surface area is 196 Å². The molecule has 1 aromatic heterocycles. The highest BCUT2D eigenvalue weighted by Crippen LogP contribution is 2.25. The van der Waals surface area contributed by atoms with Gasteiger partial charge in [0.25, 0.3) is 0 Å². The molecule has 0 spiro atoms. The lowest BCUT2D eigenvalue weighted by molar-refractivity contribution is -0.00805. The average molecular weight is 527 g/mol. The molecule has 8 heteroatoms. The van der Waals surface area contributed by atoms with E-state index in [1.807, 2.05) is 42.3 Å². The molecule has 1 unspecified atom stereocenters. The highest BCUT2D eigenvalue weighted by Gasteiger charge is 2.25. The third kappa shape index (κ3) is 6.87. The van der Waals surface area contributed by atoms with Crippen molar-refractivity contribution in [2.45, 2.75) is 45.9 Å². The molecular weight excluding hydrogens is 493 g/mol. The van der Waals surface area contributed by atoms with E-state index in [0.29, 0.717) is 13.2 Å². The monoisotopic (exact) mass is 527 g/mol. The molecule has 1 aromatic carbocycles. The van der Waals surface area contributed by atoms with Gasteiger partial charge in [0, 0.05) is 37.5 Å². The quantitative estimate of drug-likeness (QED) is 0.365. The summed E-state index contributed by atoms with van der Waals surface area (Å²) in [4.78, 5) is 7.17. The van der Waals surface area contributed by atoms with Gasteiger partial charge < -0.3 is 19.7 Å². The van der Waals surface area contributed by atoms with Gasteiger partial charge in [0.15, 0.2) is 5.96 Å². The number of para-hydroxylation sites is 1. The molecular formula is C22H34IN5O2. The number of hydrogen-bond acceptors (Lipinski definition) is 4. The fourth-order valence-electron chi connectivity index (χ4n) is 3.30. The van der Waals surface area contributed by atoms with E-state index in [2.05, 4.69) is 49.1 Å². The van der Waals surface area contributed by atoms with Gasteiger partial charge in [-0.15, -0.1) is 24.0 Å². The first kappa shape index (κ1) is 24.5. The summed E-state index contributed by atoms with van der Waals surface area (Å²) < 4.78 is 13.9. The van der Waals surface area contributed by atoms with Crippen LogP contribution in [0, 0.1) is 0 Å². The molecule has 0 saturated carbocycles. The number of guanidine groups is 1. The number of ether oxygens (including phenoxy) is 2. The van der Waals surface area contributed by atoms with Crippen LogP contribution in [0.2, 0.25) is 0 Å². The molecule has 3 rings (SSSR count). The molecule has 1 atom stereocenters. The van der Waals surface area contributed by atoms with E-state index in [1.54, 1.807) is 0 Å². The number of benzene rings is 1. The Kier molecular flexibility index (Phi) is 8.96. The molecule has 0 bridgehead atoms. The third-order valence-corrected chi connectivity index (χ3v) is 4.59. The first-order valence-electron chi connectivity index (χ1n) is 10.3. The van der Waals surface area contributed by atoms with Crippen molar-refractivity contribution in [3.05, 3.63) is 47.8 Å². The number of nitrogens with one attached hydrogen (secondary N) is 1. The summed E-state index contributed by atoms with van der Waals surface area (Å²) in [5.74, 6) is 1.78. The molecule has 166 valence electrons. The van der Waals surface area contributed by atoms with E-state index in [9.17, 15) is 0 Å². The highest BCUT2D eigenvalue weighted by molar-refractivity contribution is 14.0. The molecule has 30 heavy (non-hydrogen) atoms. The maximum atomic E-state index is 6.12. The van der Waals surface area contributed by atoms with Crippen LogP contribution >= 0.6 is 24.0 Å². The number of rotatable bonds is 5. The van der Waals surface area contributed by atoms with Gasteiger partial charge in [-0.05, 0) is 33.8 Å². The molecule has 1 N–H and O–H groups in total. The van der Waals surface area contributed by atoms with Crippen LogP contribution in [0.1, 0.15) is 44.9 Å². The Balaban J connectivity index is 0.00000320. The first-order valence-corrected chi connectivity index (χ1v) is 10.3. The Bertz CT molecular complexity index is 831. The van der Waals surface area contributed by atoms with E-state index < -0.39 is 0 Å². The molecule has 0 radical (unpaired) electrons. The lowest BCUT2D eigenvalue weighted by Crippen LogP contribution is -2.48. The van der Waals surface area contributed by atoms with Crippen molar-refractivity contribution in [1.29, 1.82) is 0 Å². The van der Waals surface area contributed by atoms with E-state index >= 15 is 0 Å². The molecule has 7 nitrogen and oxygen atoms in total. The van der Waals surface area contributed by atoms with Gasteiger partial charge in [-0.3, -0.25) is 4.68 Å². The predicted octanol–water partition coefficient (Wildman–Crippen LogP) is 3.75. The normalized spacial score (nSPS) is 17.4. The van der Waals surface area contributed by atoms with Crippen LogP contribution in [-0.4, -0.2) is 52.5 Å². The van der Waals surface area contributed by atoms with Crippen molar-refractivity contribution in [3.63, 3.8) is 0 Å². The number of halogens is 1. The summed E-state index contributed by atoms with van der Waals surface area (Å²) in [6, 6.07) is 8.11. The first-order chi connectivity index (χ1) is 13.9. The summed E-state index contributed by atoms with van der Waals surface area (Å²) in [6.07, 6.45) is 3.88. The topological polar surface area (TPSA) is 63.9 Å². The van der Waals surface area contributed by atoms with Crippen molar-refractivity contribution >= 4 is 29.9 Å². The molecule has 1 saturated heterocycles. The summed E-state index contributed by atoms with van der Waals surface area (Å²) in [5.41, 5.74) is 1.93. The fourth-order valence-corrected chi connectivity index (χ4v) is 3.30. The van der Waals surface area contributed by atoms with E-state index in [1.165, 1.54) is 0 Å². The van der Waals surface area contributed by atoms with Crippen molar-refractivity contribution in [1.82, 2.24) is 20.0 Å². The largest absolute Gasteiger partial charge is 0.488 e. The number of hydrogen-bond donors (Lipinski definition) is 1. The second-order valence-corrected chi connectivity index (χ2v) is 8.25. The van der Waals surface area contributed by atoms with Crippen molar-refractivity contribution in [2.75, 3.05) is 26.2 Å². The maximum absolute atomic E-state index is 6.12. The molecule has 0 aliphatic carbocycles. The number of aliphatic imine (C=N–C) groups is 1. The van der Waals surface area contributed by atoms with Crippen LogP contribution in [0.5, 0.6) is 5.75 Å². The maximum Gasteiger partial charge on any atom is 0.194 e. The number of nitrogens with zero attached hydrogens (tertiary/aromatic N) is 4. The Morgan fingerprint density at radius 3 is 2.77 bits per heavy atom. The minimum atomic E-state index is -0.245. The van der Waals surface area contributed by atoms with E-state index in [0.717, 1.165) is 42.5 Å². The van der Waals surface area contributed by atoms with Crippen LogP contribution in [0.25, 0.3) is 0 Å². The standard InChI is InChI=1S/C22H33N5O2.HI/c1-6-23-21(24-13-17-9-7-8-10-19(17)29-22(2,3)4)27-11-12-28-20(16-27)18-14-25-26(5)15-18;/h7-10,14-15,20H,6,11-13,16H2,1-5H3,(H,23,24);1H. The summed E-state index contributed by atoms with van der Waals surface area (Å²) >= 11 is 0. The third-order valence-electron chi connectivity index (χ3n) is 4.59. The number of morpholine rings is 1. The van der Waals surface area contributed by atoms with Gasteiger partial charge in [0.1, 0.15) is 17.5 Å². The summed E-state index contributed by atoms with van der Waals surface area (Å²) in [5, 5.41) is 7.70. The van der Waals surface area contributed by atoms with E-state index in [4.69, 9.17) is 14.5 Å². The van der Waals surface area contributed by atoms with Gasteiger partial charge in [0.05, 0.1) is 25.9 Å². The van der Waals surface area contributed by atoms with Gasteiger partial charge in [-0.2, -0.15) is 5.10 Å². The Morgan fingerprint density at radius 1 is 1.33 bits per heavy atom. The summed E-state index contributed by atoms with van der Waals surface area (Å²) in [7, 11) is 1.92. The number of aromatic nitrogens is 2. The molecule has 2 aromatic rings. The summed E-state index contributed by atoms with van der Waals surface area (Å²) in [6.45, 7) is 11.9. The Hall–Kier alpha value is -1.81. The molecule has 0 amide bonds. The van der Waals surface area contributed by atoms with Crippen LogP contribution in [0.15, 0.2) is 41.7 Å². The number of aryl methyl sites for hydroxylation is 1. The van der Waals surface area contributed by atoms with Crippen LogP contribution in [-0.2, 0) is 18.3 Å². The Morgan fingerprint density at radius 2 is 2.10 bits per heavy atom. The van der Waals surface area contributed by atoms with Gasteiger partial charge in [0.2, 0.25) is 0 Å². The van der Waals surface area contributed by atoms with Crippen LogP contribution < -0.4 is 10.1 Å². The SMILES string of the molecule is CCNC(=NCc1ccccc1OC(C)(C)C)N1CCOC(c2cnn(C)c2)C1.I. The predicted molar refractivity (Wildman–Crippen MR) is 131 cm³/mol. The second kappa shape index (κ2) is 11.0. The smallest absolute Gasteiger partial charge is 0.194 e. The van der Waals surface area contributed by atoms with Crippen molar-refractivity contribution in [2.24, 2.45) is 12.0 Å². The zero-order valence-corrected chi connectivity index (χ0v) is 20.9. The van der Waals surface area contributed by atoms with Gasteiger partial charge >= 0.3 is 0 Å². The van der Waals surface area contributed by atoms with Gasteiger partial charge in [-0.25, -0.2) is 4.99 Å². The molecule has 2 heterocycles. The van der Waals surface area contributed by atoms with E-state index in [-0.39, 0.29) is 35.7 Å². The highest BCUT2D eigenvalue weighted by atomic mass is 127. The minimum absolute atomic E-state index is 0. The lowest BCUT2D eigenvalue weighted by Gasteiger charge is -2.34. The average Bonchev–Trinajstić information content (AvgIpc) is 3.11. The molecule has 1 aliphatic heterocycles. The van der Waals surface area contributed by atoms with Crippen LogP contribution in [0.3, 0.4) is 0 Å².